The maximum absolute atomic E-state index is 5.70. The Kier molecular flexibility index (Phi) is 5.62. The van der Waals surface area contributed by atoms with E-state index in [1.807, 2.05) is 6.07 Å². The van der Waals surface area contributed by atoms with Gasteiger partial charge in [0.1, 0.15) is 0 Å². The van der Waals surface area contributed by atoms with E-state index < -0.39 is 0 Å². The average Bonchev–Trinajstić information content (AvgIpc) is 2.40. The van der Waals surface area contributed by atoms with Crippen LogP contribution in [0.25, 0.3) is 0 Å². The molecule has 0 aliphatic rings. The highest BCUT2D eigenvalue weighted by Crippen LogP contribution is 2.35. The van der Waals surface area contributed by atoms with Crippen molar-refractivity contribution in [1.29, 1.82) is 0 Å². The fraction of sp³-hybridized carbons (Fsp3) is 0.571. The van der Waals surface area contributed by atoms with Crippen LogP contribution in [-0.4, -0.2) is 19.8 Å². The molecule has 0 fully saturated rings. The molecule has 1 rings (SSSR count). The maximum Gasteiger partial charge on any atom is 0.0638 e. The van der Waals surface area contributed by atoms with Crippen LogP contribution < -0.4 is 11.3 Å². The zero-order valence-electron chi connectivity index (χ0n) is 11.1. The van der Waals surface area contributed by atoms with E-state index in [9.17, 15) is 0 Å². The van der Waals surface area contributed by atoms with E-state index >= 15 is 0 Å². The zero-order chi connectivity index (χ0) is 12.7. The van der Waals surface area contributed by atoms with Crippen LogP contribution in [0.4, 0.5) is 0 Å². The molecule has 1 aromatic rings. The highest BCUT2D eigenvalue weighted by molar-refractivity contribution is 5.27. The van der Waals surface area contributed by atoms with Gasteiger partial charge in [0.25, 0.3) is 0 Å². The summed E-state index contributed by atoms with van der Waals surface area (Å²) in [6.07, 6.45) is 2.07. The third-order valence-corrected chi connectivity index (χ3v) is 3.81. The minimum absolute atomic E-state index is 0.0337. The Bertz CT molecular complexity index is 309. The summed E-state index contributed by atoms with van der Waals surface area (Å²) in [7, 11) is 1.71. The van der Waals surface area contributed by atoms with Gasteiger partial charge < -0.3 is 4.74 Å². The van der Waals surface area contributed by atoms with E-state index in [-0.39, 0.29) is 11.5 Å². The number of benzene rings is 1. The van der Waals surface area contributed by atoms with Crippen molar-refractivity contribution in [2.45, 2.75) is 38.1 Å². The van der Waals surface area contributed by atoms with Crippen LogP contribution in [0, 0.1) is 0 Å². The van der Waals surface area contributed by atoms with Crippen LogP contribution in [0.5, 0.6) is 0 Å². The highest BCUT2D eigenvalue weighted by Gasteiger charge is 2.36. The average molecular weight is 236 g/mol. The molecule has 17 heavy (non-hydrogen) atoms. The number of hydrogen-bond donors (Lipinski definition) is 2. The Labute approximate surface area is 104 Å². The van der Waals surface area contributed by atoms with Crippen LogP contribution in [-0.2, 0) is 10.2 Å². The van der Waals surface area contributed by atoms with Crippen molar-refractivity contribution in [2.75, 3.05) is 13.7 Å². The molecule has 3 nitrogen and oxygen atoms in total. The summed E-state index contributed by atoms with van der Waals surface area (Å²) >= 11 is 0. The normalized spacial score (nSPS) is 13.6. The van der Waals surface area contributed by atoms with Crippen molar-refractivity contribution in [2.24, 2.45) is 5.84 Å². The summed E-state index contributed by atoms with van der Waals surface area (Å²) in [5.74, 6) is 5.70. The van der Waals surface area contributed by atoms with Crippen LogP contribution in [0.2, 0.25) is 0 Å². The quantitative estimate of drug-likeness (QED) is 0.564. The molecule has 3 N–H and O–H groups in total. The molecule has 0 heterocycles. The molecule has 3 heteroatoms. The molecule has 1 aromatic carbocycles. The van der Waals surface area contributed by atoms with Crippen LogP contribution >= 0.6 is 0 Å². The van der Waals surface area contributed by atoms with E-state index in [4.69, 9.17) is 10.6 Å². The lowest BCUT2D eigenvalue weighted by Crippen LogP contribution is -2.53. The molecular formula is C14H24N2O. The van der Waals surface area contributed by atoms with E-state index in [0.717, 1.165) is 12.8 Å². The molecule has 0 aliphatic carbocycles. The van der Waals surface area contributed by atoms with Gasteiger partial charge in [-0.2, -0.15) is 0 Å². The fourth-order valence-electron chi connectivity index (χ4n) is 2.66. The lowest BCUT2D eigenvalue weighted by atomic mass is 9.70. The van der Waals surface area contributed by atoms with E-state index in [1.54, 1.807) is 7.11 Å². The number of hydrogen-bond acceptors (Lipinski definition) is 3. The first-order chi connectivity index (χ1) is 8.25. The predicted molar refractivity (Wildman–Crippen MR) is 71.7 cm³/mol. The van der Waals surface area contributed by atoms with Gasteiger partial charge in [0, 0.05) is 12.5 Å². The lowest BCUT2D eigenvalue weighted by Gasteiger charge is -2.39. The van der Waals surface area contributed by atoms with E-state index in [2.05, 4.69) is 43.5 Å². The van der Waals surface area contributed by atoms with Crippen molar-refractivity contribution >= 4 is 0 Å². The Hall–Kier alpha value is -0.900. The number of hydrazine groups is 1. The number of nitrogens with two attached hydrogens (primary N) is 1. The van der Waals surface area contributed by atoms with Crippen molar-refractivity contribution < 1.29 is 4.74 Å². The van der Waals surface area contributed by atoms with Crippen LogP contribution in [0.3, 0.4) is 0 Å². The second-order valence-electron chi connectivity index (χ2n) is 4.40. The van der Waals surface area contributed by atoms with Gasteiger partial charge in [0.2, 0.25) is 0 Å². The summed E-state index contributed by atoms with van der Waals surface area (Å²) < 4.78 is 5.28. The van der Waals surface area contributed by atoms with Crippen molar-refractivity contribution in [3.63, 3.8) is 0 Å². The lowest BCUT2D eigenvalue weighted by molar-refractivity contribution is 0.119. The first-order valence-corrected chi connectivity index (χ1v) is 6.25. The van der Waals surface area contributed by atoms with Gasteiger partial charge in [0.05, 0.1) is 12.6 Å². The van der Waals surface area contributed by atoms with Crippen molar-refractivity contribution in [3.8, 4) is 0 Å². The number of rotatable bonds is 7. The molecule has 96 valence electrons. The first kappa shape index (κ1) is 14.2. The maximum atomic E-state index is 5.70. The van der Waals surface area contributed by atoms with Gasteiger partial charge in [-0.15, -0.1) is 0 Å². The van der Waals surface area contributed by atoms with Crippen molar-refractivity contribution in [3.05, 3.63) is 35.9 Å². The standard InChI is InChI=1S/C14H24N2O/c1-4-14(5-2,13(16-15)11-17-3)12-9-7-6-8-10-12/h6-10,13,16H,4-5,11,15H2,1-3H3. The molecule has 0 aliphatic heterocycles. The molecule has 1 atom stereocenters. The van der Waals surface area contributed by atoms with Gasteiger partial charge in [0.15, 0.2) is 0 Å². The van der Waals surface area contributed by atoms with Crippen molar-refractivity contribution in [1.82, 2.24) is 5.43 Å². The number of ether oxygens (including phenoxy) is 1. The molecule has 1 unspecified atom stereocenters. The number of methoxy groups -OCH3 is 1. The molecule has 0 amide bonds. The van der Waals surface area contributed by atoms with E-state index in [0.29, 0.717) is 6.61 Å². The third-order valence-electron chi connectivity index (χ3n) is 3.81. The molecule has 0 radical (unpaired) electrons. The Morgan fingerprint density at radius 2 is 1.82 bits per heavy atom. The largest absolute Gasteiger partial charge is 0.383 e. The Morgan fingerprint density at radius 3 is 2.24 bits per heavy atom. The minimum Gasteiger partial charge on any atom is -0.383 e. The molecule has 0 spiro atoms. The molecule has 0 aromatic heterocycles. The summed E-state index contributed by atoms with van der Waals surface area (Å²) in [4.78, 5) is 0. The van der Waals surface area contributed by atoms with Gasteiger partial charge in [-0.05, 0) is 18.4 Å². The zero-order valence-corrected chi connectivity index (χ0v) is 11.1. The van der Waals surface area contributed by atoms with Crippen LogP contribution in [0.15, 0.2) is 30.3 Å². The Balaban J connectivity index is 3.11. The molecular weight excluding hydrogens is 212 g/mol. The second kappa shape index (κ2) is 6.74. The summed E-state index contributed by atoms with van der Waals surface area (Å²) in [6, 6.07) is 10.7. The summed E-state index contributed by atoms with van der Waals surface area (Å²) in [6.45, 7) is 5.03. The van der Waals surface area contributed by atoms with Crippen LogP contribution in [0.1, 0.15) is 32.3 Å². The smallest absolute Gasteiger partial charge is 0.0638 e. The third kappa shape index (κ3) is 2.86. The first-order valence-electron chi connectivity index (χ1n) is 6.25. The molecule has 0 bridgehead atoms. The predicted octanol–water partition coefficient (Wildman–Crippen LogP) is 2.22. The SMILES string of the molecule is CCC(CC)(c1ccccc1)C(COC)NN. The monoisotopic (exact) mass is 236 g/mol. The second-order valence-corrected chi connectivity index (χ2v) is 4.40. The Morgan fingerprint density at radius 1 is 1.24 bits per heavy atom. The summed E-state index contributed by atoms with van der Waals surface area (Å²) in [5.41, 5.74) is 4.28. The summed E-state index contributed by atoms with van der Waals surface area (Å²) in [5, 5.41) is 0. The van der Waals surface area contributed by atoms with E-state index in [1.165, 1.54) is 5.56 Å². The molecule has 0 saturated heterocycles. The van der Waals surface area contributed by atoms with Gasteiger partial charge >= 0.3 is 0 Å². The number of nitrogens with one attached hydrogen (secondary N) is 1. The van der Waals surface area contributed by atoms with Gasteiger partial charge in [-0.3, -0.25) is 11.3 Å². The minimum atomic E-state index is 0.0337. The highest BCUT2D eigenvalue weighted by atomic mass is 16.5. The van der Waals surface area contributed by atoms with Gasteiger partial charge in [-0.25, -0.2) is 0 Å². The topological polar surface area (TPSA) is 47.3 Å². The molecule has 0 saturated carbocycles. The fourth-order valence-corrected chi connectivity index (χ4v) is 2.66. The van der Waals surface area contributed by atoms with Gasteiger partial charge in [-0.1, -0.05) is 44.2 Å².